The van der Waals surface area contributed by atoms with E-state index < -0.39 is 11.6 Å². The molecule has 18 heavy (non-hydrogen) atoms. The molecule has 1 fully saturated rings. The highest BCUT2D eigenvalue weighted by molar-refractivity contribution is 5.83. The summed E-state index contributed by atoms with van der Waals surface area (Å²) in [6.45, 7) is 3.17. The molecule has 1 aliphatic heterocycles. The monoisotopic (exact) mass is 254 g/mol. The number of halogens is 2. The van der Waals surface area contributed by atoms with Gasteiger partial charge in [-0.2, -0.15) is 0 Å². The van der Waals surface area contributed by atoms with E-state index in [-0.39, 0.29) is 24.0 Å². The first-order chi connectivity index (χ1) is 8.58. The molecule has 2 unspecified atom stereocenters. The third-order valence-electron chi connectivity index (χ3n) is 3.42. The molecule has 1 aromatic carbocycles. The average molecular weight is 254 g/mol. The maximum Gasteiger partial charge on any atom is 0.159 e. The van der Waals surface area contributed by atoms with Crippen molar-refractivity contribution in [2.75, 3.05) is 13.2 Å². The maximum absolute atomic E-state index is 13.0. The first kappa shape index (κ1) is 13.1. The Morgan fingerprint density at radius 3 is 2.83 bits per heavy atom. The van der Waals surface area contributed by atoms with E-state index >= 15 is 0 Å². The van der Waals surface area contributed by atoms with Crippen molar-refractivity contribution in [1.29, 1.82) is 0 Å². The van der Waals surface area contributed by atoms with Gasteiger partial charge in [-0.05, 0) is 30.0 Å². The minimum absolute atomic E-state index is 0.0353. The zero-order valence-electron chi connectivity index (χ0n) is 10.3. The summed E-state index contributed by atoms with van der Waals surface area (Å²) in [5.74, 6) is -1.55. The van der Waals surface area contributed by atoms with Gasteiger partial charge in [0.1, 0.15) is 5.78 Å². The Morgan fingerprint density at radius 1 is 1.39 bits per heavy atom. The molecule has 1 aromatic rings. The molecule has 2 nitrogen and oxygen atoms in total. The fourth-order valence-corrected chi connectivity index (χ4v) is 2.34. The van der Waals surface area contributed by atoms with Crippen LogP contribution in [0.25, 0.3) is 0 Å². The molecule has 1 heterocycles. The molecule has 0 spiro atoms. The van der Waals surface area contributed by atoms with E-state index in [9.17, 15) is 13.6 Å². The van der Waals surface area contributed by atoms with Gasteiger partial charge >= 0.3 is 0 Å². The standard InChI is InChI=1S/C14H16F2O2/c1-9-8-18-5-4-11(9)14(17)7-10-2-3-12(15)13(16)6-10/h2-3,6,9,11H,4-5,7-8H2,1H3. The molecule has 0 radical (unpaired) electrons. The highest BCUT2D eigenvalue weighted by atomic mass is 19.2. The molecule has 1 saturated heterocycles. The Hall–Kier alpha value is -1.29. The molecular formula is C14H16F2O2. The third-order valence-corrected chi connectivity index (χ3v) is 3.42. The summed E-state index contributed by atoms with van der Waals surface area (Å²) in [6, 6.07) is 3.61. The van der Waals surface area contributed by atoms with Crippen LogP contribution in [0, 0.1) is 23.5 Å². The lowest BCUT2D eigenvalue weighted by atomic mass is 9.84. The minimum atomic E-state index is -0.902. The number of carbonyl (C=O) groups excluding carboxylic acids is 1. The van der Waals surface area contributed by atoms with E-state index in [0.717, 1.165) is 12.1 Å². The zero-order chi connectivity index (χ0) is 13.1. The summed E-state index contributed by atoms with van der Waals surface area (Å²) < 4.78 is 31.1. The van der Waals surface area contributed by atoms with Gasteiger partial charge in [0.05, 0.1) is 0 Å². The Balaban J connectivity index is 2.04. The molecule has 0 N–H and O–H groups in total. The van der Waals surface area contributed by atoms with Crippen molar-refractivity contribution in [1.82, 2.24) is 0 Å². The van der Waals surface area contributed by atoms with Crippen molar-refractivity contribution in [2.45, 2.75) is 19.8 Å². The normalized spacial score (nSPS) is 23.9. The van der Waals surface area contributed by atoms with E-state index in [2.05, 4.69) is 0 Å². The fraction of sp³-hybridized carbons (Fsp3) is 0.500. The van der Waals surface area contributed by atoms with Gasteiger partial charge in [0, 0.05) is 25.6 Å². The van der Waals surface area contributed by atoms with Crippen LogP contribution in [0.1, 0.15) is 18.9 Å². The highest BCUT2D eigenvalue weighted by Gasteiger charge is 2.28. The number of hydrogen-bond donors (Lipinski definition) is 0. The summed E-state index contributed by atoms with van der Waals surface area (Å²) in [6.07, 6.45) is 0.871. The quantitative estimate of drug-likeness (QED) is 0.829. The molecule has 2 rings (SSSR count). The molecule has 0 amide bonds. The van der Waals surface area contributed by atoms with Gasteiger partial charge in [0.25, 0.3) is 0 Å². The summed E-state index contributed by atoms with van der Waals surface area (Å²) in [4.78, 5) is 12.1. The molecule has 98 valence electrons. The van der Waals surface area contributed by atoms with Gasteiger partial charge in [-0.15, -0.1) is 0 Å². The predicted octanol–water partition coefficient (Wildman–Crippen LogP) is 2.75. The number of ether oxygens (including phenoxy) is 1. The number of carbonyl (C=O) groups is 1. The second-order valence-electron chi connectivity index (χ2n) is 4.84. The first-order valence-electron chi connectivity index (χ1n) is 6.12. The van der Waals surface area contributed by atoms with Crippen LogP contribution >= 0.6 is 0 Å². The summed E-state index contributed by atoms with van der Waals surface area (Å²) in [5.41, 5.74) is 0.526. The maximum atomic E-state index is 13.0. The second-order valence-corrected chi connectivity index (χ2v) is 4.84. The highest BCUT2D eigenvalue weighted by Crippen LogP contribution is 2.24. The van der Waals surface area contributed by atoms with E-state index in [0.29, 0.717) is 25.2 Å². The Morgan fingerprint density at radius 2 is 2.17 bits per heavy atom. The van der Waals surface area contributed by atoms with Crippen LogP contribution in [-0.2, 0) is 16.0 Å². The number of Topliss-reactive ketones (excluding diaryl/α,β-unsaturated/α-hetero) is 1. The lowest BCUT2D eigenvalue weighted by molar-refractivity contribution is -0.127. The van der Waals surface area contributed by atoms with Crippen molar-refractivity contribution in [3.05, 3.63) is 35.4 Å². The van der Waals surface area contributed by atoms with Crippen molar-refractivity contribution in [2.24, 2.45) is 11.8 Å². The van der Waals surface area contributed by atoms with Gasteiger partial charge < -0.3 is 4.74 Å². The van der Waals surface area contributed by atoms with Crippen molar-refractivity contribution in [3.63, 3.8) is 0 Å². The van der Waals surface area contributed by atoms with Crippen LogP contribution in [0.3, 0.4) is 0 Å². The van der Waals surface area contributed by atoms with E-state index in [1.165, 1.54) is 6.07 Å². The minimum Gasteiger partial charge on any atom is -0.381 e. The largest absolute Gasteiger partial charge is 0.381 e. The van der Waals surface area contributed by atoms with E-state index in [1.807, 2.05) is 6.92 Å². The summed E-state index contributed by atoms with van der Waals surface area (Å²) in [7, 11) is 0. The van der Waals surface area contributed by atoms with Gasteiger partial charge in [-0.1, -0.05) is 13.0 Å². The van der Waals surface area contributed by atoms with Gasteiger partial charge in [0.15, 0.2) is 11.6 Å². The zero-order valence-corrected chi connectivity index (χ0v) is 10.3. The Bertz CT molecular complexity index is 445. The molecular weight excluding hydrogens is 238 g/mol. The number of rotatable bonds is 3. The van der Waals surface area contributed by atoms with Crippen LogP contribution in [0.2, 0.25) is 0 Å². The molecule has 4 heteroatoms. The molecule has 0 aliphatic carbocycles. The van der Waals surface area contributed by atoms with Crippen molar-refractivity contribution < 1.29 is 18.3 Å². The van der Waals surface area contributed by atoms with Crippen LogP contribution in [0.15, 0.2) is 18.2 Å². The smallest absolute Gasteiger partial charge is 0.159 e. The molecule has 0 bridgehead atoms. The number of hydrogen-bond acceptors (Lipinski definition) is 2. The van der Waals surface area contributed by atoms with E-state index in [1.54, 1.807) is 0 Å². The van der Waals surface area contributed by atoms with Crippen LogP contribution in [0.5, 0.6) is 0 Å². The SMILES string of the molecule is CC1COCCC1C(=O)Cc1ccc(F)c(F)c1. The molecule has 0 aromatic heterocycles. The Kier molecular flexibility index (Phi) is 4.07. The fourth-order valence-electron chi connectivity index (χ4n) is 2.34. The molecule has 0 saturated carbocycles. The summed E-state index contributed by atoms with van der Waals surface area (Å²) in [5, 5.41) is 0. The average Bonchev–Trinajstić information content (AvgIpc) is 2.34. The number of ketones is 1. The topological polar surface area (TPSA) is 26.3 Å². The van der Waals surface area contributed by atoms with Gasteiger partial charge in [-0.3, -0.25) is 4.79 Å². The third kappa shape index (κ3) is 2.93. The number of benzene rings is 1. The van der Waals surface area contributed by atoms with Crippen LogP contribution < -0.4 is 0 Å². The van der Waals surface area contributed by atoms with Crippen molar-refractivity contribution in [3.8, 4) is 0 Å². The van der Waals surface area contributed by atoms with Crippen LogP contribution in [-0.4, -0.2) is 19.0 Å². The molecule has 2 atom stereocenters. The lowest BCUT2D eigenvalue weighted by Gasteiger charge is -2.27. The summed E-state index contributed by atoms with van der Waals surface area (Å²) >= 11 is 0. The van der Waals surface area contributed by atoms with Crippen molar-refractivity contribution >= 4 is 5.78 Å². The van der Waals surface area contributed by atoms with Crippen LogP contribution in [0.4, 0.5) is 8.78 Å². The lowest BCUT2D eigenvalue weighted by Crippen LogP contribution is -2.32. The van der Waals surface area contributed by atoms with E-state index in [4.69, 9.17) is 4.74 Å². The van der Waals surface area contributed by atoms with Gasteiger partial charge in [0.2, 0.25) is 0 Å². The first-order valence-corrected chi connectivity index (χ1v) is 6.12. The predicted molar refractivity (Wildman–Crippen MR) is 63.2 cm³/mol. The second kappa shape index (κ2) is 5.57. The Labute approximate surface area is 105 Å². The van der Waals surface area contributed by atoms with Gasteiger partial charge in [-0.25, -0.2) is 8.78 Å². The molecule has 1 aliphatic rings.